The van der Waals surface area contributed by atoms with E-state index in [1.807, 2.05) is 24.3 Å². The fourth-order valence-corrected chi connectivity index (χ4v) is 3.28. The third-order valence-corrected chi connectivity index (χ3v) is 5.17. The second kappa shape index (κ2) is 15.4. The van der Waals surface area contributed by atoms with Crippen molar-refractivity contribution >= 4 is 52.1 Å². The van der Waals surface area contributed by atoms with Crippen molar-refractivity contribution in [1.82, 2.24) is 20.9 Å². The minimum Gasteiger partial charge on any atom is -0.481 e. The van der Waals surface area contributed by atoms with E-state index in [4.69, 9.17) is 5.11 Å². The van der Waals surface area contributed by atoms with Crippen molar-refractivity contribution in [2.24, 2.45) is 5.18 Å². The van der Waals surface area contributed by atoms with Gasteiger partial charge in [-0.15, -0.1) is 4.91 Å². The highest BCUT2D eigenvalue weighted by atomic mass is 16.4. The smallest absolute Gasteiger partial charge is 0.303 e. The fraction of sp³-hybridized carbons (Fsp3) is 0.375. The average molecular weight is 529 g/mol. The van der Waals surface area contributed by atoms with Crippen LogP contribution in [-0.4, -0.2) is 64.7 Å². The van der Waals surface area contributed by atoms with Gasteiger partial charge in [-0.3, -0.25) is 33.8 Å². The van der Waals surface area contributed by atoms with Gasteiger partial charge in [-0.2, -0.15) is 0 Å². The van der Waals surface area contributed by atoms with Gasteiger partial charge in [-0.1, -0.05) is 18.2 Å². The summed E-state index contributed by atoms with van der Waals surface area (Å²) in [5.41, 5.74) is 1.19. The molecule has 5 N–H and O–H groups in total. The molecule has 0 saturated carbocycles. The minimum atomic E-state index is -1.17. The van der Waals surface area contributed by atoms with Crippen molar-refractivity contribution in [3.05, 3.63) is 41.4 Å². The molecular weight excluding hydrogens is 500 g/mol. The lowest BCUT2D eigenvalue weighted by Gasteiger charge is -2.18. The van der Waals surface area contributed by atoms with Crippen LogP contribution in [0, 0.1) is 4.91 Å². The first-order valence-electron chi connectivity index (χ1n) is 11.7. The first kappa shape index (κ1) is 29.5. The molecule has 5 amide bonds. The number of benzene rings is 1. The molecule has 202 valence electrons. The summed E-state index contributed by atoms with van der Waals surface area (Å²) in [6.07, 6.45) is 0.470. The lowest BCUT2D eigenvalue weighted by Crippen LogP contribution is -2.48. The molecular formula is C24H28N6O8. The van der Waals surface area contributed by atoms with Gasteiger partial charge in [0.1, 0.15) is 6.04 Å². The molecule has 0 aliphatic rings. The highest BCUT2D eigenvalue weighted by Gasteiger charge is 2.21. The number of amides is 5. The topological polar surface area (TPSA) is 213 Å². The normalized spacial score (nSPS) is 11.2. The molecule has 0 spiro atoms. The van der Waals surface area contributed by atoms with Crippen LogP contribution in [0.25, 0.3) is 10.9 Å². The number of nitrogens with one attached hydrogen (secondary N) is 4. The number of anilines is 1. The minimum absolute atomic E-state index is 0.0654. The van der Waals surface area contributed by atoms with Gasteiger partial charge in [0.2, 0.25) is 23.6 Å². The number of carboxylic acid groups (broad SMARTS) is 1. The quantitative estimate of drug-likeness (QED) is 0.161. The highest BCUT2D eigenvalue weighted by molar-refractivity contribution is 5.97. The molecule has 1 heterocycles. The van der Waals surface area contributed by atoms with Crippen molar-refractivity contribution in [2.45, 2.75) is 44.6 Å². The molecule has 0 bridgehead atoms. The number of fused-ring (bicyclic) bond motifs is 1. The van der Waals surface area contributed by atoms with Crippen molar-refractivity contribution in [3.8, 4) is 0 Å². The zero-order chi connectivity index (χ0) is 27.9. The van der Waals surface area contributed by atoms with Crippen LogP contribution < -0.4 is 21.3 Å². The SMILES string of the molecule is O=NC(=O)CCC(=O)NCCC[C@H](NC(=O)CCC(=O)O)C(=O)NCC(=O)Nc1cnc2ccccc2c1. The van der Waals surface area contributed by atoms with Gasteiger partial charge in [0, 0.05) is 36.4 Å². The fourth-order valence-electron chi connectivity index (χ4n) is 3.28. The number of carbonyl (C=O) groups is 6. The number of rotatable bonds is 15. The molecule has 1 aromatic heterocycles. The first-order chi connectivity index (χ1) is 18.2. The van der Waals surface area contributed by atoms with Crippen molar-refractivity contribution in [2.75, 3.05) is 18.4 Å². The number of pyridine rings is 1. The van der Waals surface area contributed by atoms with Crippen LogP contribution >= 0.6 is 0 Å². The molecule has 1 atom stereocenters. The number of aromatic nitrogens is 1. The molecule has 14 nitrogen and oxygen atoms in total. The number of nitroso groups, excluding NO2 is 1. The first-order valence-corrected chi connectivity index (χ1v) is 11.7. The molecule has 14 heteroatoms. The van der Waals surface area contributed by atoms with Crippen LogP contribution in [-0.2, 0) is 28.8 Å². The molecule has 2 rings (SSSR count). The predicted octanol–water partition coefficient (Wildman–Crippen LogP) is 0.609. The molecule has 0 aliphatic heterocycles. The van der Waals surface area contributed by atoms with E-state index >= 15 is 0 Å². The molecule has 2 aromatic rings. The number of carbonyl (C=O) groups excluding carboxylic acids is 5. The van der Waals surface area contributed by atoms with Crippen molar-refractivity contribution < 1.29 is 33.9 Å². The zero-order valence-corrected chi connectivity index (χ0v) is 20.4. The maximum atomic E-state index is 12.7. The molecule has 0 unspecified atom stereocenters. The Morgan fingerprint density at radius 3 is 2.39 bits per heavy atom. The van der Waals surface area contributed by atoms with Gasteiger partial charge in [-0.05, 0) is 25.0 Å². The molecule has 0 fully saturated rings. The second-order valence-electron chi connectivity index (χ2n) is 8.17. The van der Waals surface area contributed by atoms with Gasteiger partial charge >= 0.3 is 5.97 Å². The van der Waals surface area contributed by atoms with Gasteiger partial charge in [-0.25, -0.2) is 0 Å². The highest BCUT2D eigenvalue weighted by Crippen LogP contribution is 2.15. The van der Waals surface area contributed by atoms with Gasteiger partial charge in [0.15, 0.2) is 0 Å². The van der Waals surface area contributed by atoms with E-state index < -0.39 is 54.5 Å². The van der Waals surface area contributed by atoms with Gasteiger partial charge in [0.25, 0.3) is 5.91 Å². The maximum absolute atomic E-state index is 12.7. The summed E-state index contributed by atoms with van der Waals surface area (Å²) in [6, 6.07) is 7.96. The van der Waals surface area contributed by atoms with Crippen LogP contribution in [0.2, 0.25) is 0 Å². The monoisotopic (exact) mass is 528 g/mol. The van der Waals surface area contributed by atoms with E-state index in [-0.39, 0.29) is 38.6 Å². The summed E-state index contributed by atoms with van der Waals surface area (Å²) in [7, 11) is 0. The standard InChI is InChI=1S/C24H28N6O8/c31-19(7-8-21(33)30-38)25-11-3-6-18(29-20(32)9-10-23(35)36)24(37)27-14-22(34)28-16-12-15-4-1-2-5-17(15)26-13-16/h1-2,4-5,12-13,18H,3,6-11,14H2,(H,25,31)(H,27,37)(H,28,34)(H,29,32)(H,35,36)/t18-/m0/s1. The largest absolute Gasteiger partial charge is 0.481 e. The maximum Gasteiger partial charge on any atom is 0.303 e. The Morgan fingerprint density at radius 1 is 0.921 bits per heavy atom. The summed E-state index contributed by atoms with van der Waals surface area (Å²) in [5, 5.41) is 21.8. The number of aliphatic carboxylic acids is 1. The number of hydrogen-bond donors (Lipinski definition) is 5. The Bertz CT molecular complexity index is 1200. The Labute approximate surface area is 216 Å². The Balaban J connectivity index is 1.87. The van der Waals surface area contributed by atoms with Crippen molar-refractivity contribution in [1.29, 1.82) is 0 Å². The Kier molecular flexibility index (Phi) is 11.9. The molecule has 0 aliphatic carbocycles. The predicted molar refractivity (Wildman–Crippen MR) is 134 cm³/mol. The van der Waals surface area contributed by atoms with E-state index in [0.717, 1.165) is 10.9 Å². The Morgan fingerprint density at radius 2 is 1.66 bits per heavy atom. The van der Waals surface area contributed by atoms with Gasteiger partial charge < -0.3 is 26.4 Å². The number of para-hydroxylation sites is 1. The van der Waals surface area contributed by atoms with E-state index in [1.165, 1.54) is 6.20 Å². The van der Waals surface area contributed by atoms with E-state index in [1.54, 1.807) is 6.07 Å². The van der Waals surface area contributed by atoms with Crippen LogP contribution in [0.5, 0.6) is 0 Å². The summed E-state index contributed by atoms with van der Waals surface area (Å²) in [5.74, 6) is -4.47. The third kappa shape index (κ3) is 10.9. The van der Waals surface area contributed by atoms with Crippen LogP contribution in [0.3, 0.4) is 0 Å². The molecule has 38 heavy (non-hydrogen) atoms. The summed E-state index contributed by atoms with van der Waals surface area (Å²) in [4.78, 5) is 84.7. The lowest BCUT2D eigenvalue weighted by molar-refractivity contribution is -0.139. The van der Waals surface area contributed by atoms with E-state index in [0.29, 0.717) is 5.69 Å². The molecule has 0 saturated heterocycles. The van der Waals surface area contributed by atoms with Crippen molar-refractivity contribution in [3.63, 3.8) is 0 Å². The van der Waals surface area contributed by atoms with E-state index in [9.17, 15) is 33.7 Å². The van der Waals surface area contributed by atoms with Crippen LogP contribution in [0.1, 0.15) is 38.5 Å². The average Bonchev–Trinajstić information content (AvgIpc) is 2.90. The molecule has 1 aromatic carbocycles. The van der Waals surface area contributed by atoms with Crippen LogP contribution in [0.15, 0.2) is 41.7 Å². The second-order valence-corrected chi connectivity index (χ2v) is 8.17. The van der Waals surface area contributed by atoms with Crippen LogP contribution in [0.4, 0.5) is 5.69 Å². The Hall–Kier alpha value is -4.75. The van der Waals surface area contributed by atoms with E-state index in [2.05, 4.69) is 31.4 Å². The summed E-state index contributed by atoms with van der Waals surface area (Å²) in [6.45, 7) is -0.297. The zero-order valence-electron chi connectivity index (χ0n) is 20.4. The lowest BCUT2D eigenvalue weighted by atomic mass is 10.1. The molecule has 0 radical (unpaired) electrons. The van der Waals surface area contributed by atoms with Gasteiger partial charge in [0.05, 0.1) is 30.4 Å². The summed E-state index contributed by atoms with van der Waals surface area (Å²) >= 11 is 0. The number of carboxylic acids is 1. The third-order valence-electron chi connectivity index (χ3n) is 5.17. The number of nitrogens with zero attached hydrogens (tertiary/aromatic N) is 2. The summed E-state index contributed by atoms with van der Waals surface area (Å²) < 4.78 is 0. The number of hydrogen-bond acceptors (Lipinski definition) is 8.